The second-order valence-corrected chi connectivity index (χ2v) is 8.78. The summed E-state index contributed by atoms with van der Waals surface area (Å²) in [5, 5.41) is 1.11. The first-order chi connectivity index (χ1) is 16.1. The fraction of sp³-hybridized carbons (Fsp3) is 0.269. The van der Waals surface area contributed by atoms with Gasteiger partial charge in [0.15, 0.2) is 0 Å². The number of furan rings is 1. The lowest BCUT2D eigenvalue weighted by Gasteiger charge is -2.32. The second kappa shape index (κ2) is 8.87. The quantitative estimate of drug-likeness (QED) is 0.363. The molecule has 1 atom stereocenters. The van der Waals surface area contributed by atoms with Crippen LogP contribution in [0.4, 0.5) is 0 Å². The Hall–Kier alpha value is -3.38. The summed E-state index contributed by atoms with van der Waals surface area (Å²) >= 11 is 6.11. The van der Waals surface area contributed by atoms with E-state index in [1.165, 1.54) is 0 Å². The van der Waals surface area contributed by atoms with Gasteiger partial charge in [-0.2, -0.15) is 0 Å². The smallest absolute Gasteiger partial charge is 0.266 e. The van der Waals surface area contributed by atoms with Gasteiger partial charge in [-0.15, -0.1) is 0 Å². The highest BCUT2D eigenvalue weighted by atomic mass is 35.5. The Balaban J connectivity index is 1.71. The van der Waals surface area contributed by atoms with Crippen molar-refractivity contribution in [2.75, 3.05) is 0 Å². The molecule has 0 bridgehead atoms. The number of hydrogen-bond donors (Lipinski definition) is 0. The SMILES string of the molecule is CCC(c1nc2ccccc2c(=O)n1-c1ccc(Cl)cc1)N(Cc1ccco1)C(=O)C1CC1. The van der Waals surface area contributed by atoms with Crippen LogP contribution in [-0.2, 0) is 11.3 Å². The highest BCUT2D eigenvalue weighted by molar-refractivity contribution is 6.30. The number of hydrogen-bond acceptors (Lipinski definition) is 4. The maximum absolute atomic E-state index is 13.7. The van der Waals surface area contributed by atoms with E-state index in [0.29, 0.717) is 46.2 Å². The number of nitrogens with zero attached hydrogens (tertiary/aromatic N) is 3. The standard InChI is InChI=1S/C26H24ClN3O3/c1-2-23(29(25(31)17-9-10-17)16-20-6-5-15-33-20)24-28-22-8-4-3-7-21(22)26(32)30(24)19-13-11-18(27)12-14-19/h3-8,11-15,17,23H,2,9-10,16H2,1H3. The number of rotatable bonds is 7. The van der Waals surface area contributed by atoms with Crippen LogP contribution in [0.1, 0.15) is 43.8 Å². The lowest BCUT2D eigenvalue weighted by atomic mass is 10.1. The summed E-state index contributed by atoms with van der Waals surface area (Å²) in [7, 11) is 0. The van der Waals surface area contributed by atoms with E-state index >= 15 is 0 Å². The molecule has 1 aliphatic rings. The van der Waals surface area contributed by atoms with Crippen LogP contribution in [0.3, 0.4) is 0 Å². The van der Waals surface area contributed by atoms with Gasteiger partial charge in [0.1, 0.15) is 11.6 Å². The molecule has 1 fully saturated rings. The maximum Gasteiger partial charge on any atom is 0.266 e. The summed E-state index contributed by atoms with van der Waals surface area (Å²) in [5.74, 6) is 1.32. The Morgan fingerprint density at radius 1 is 1.15 bits per heavy atom. The average molecular weight is 462 g/mol. The van der Waals surface area contributed by atoms with Gasteiger partial charge in [-0.25, -0.2) is 4.98 Å². The van der Waals surface area contributed by atoms with Crippen LogP contribution in [0.5, 0.6) is 0 Å². The Morgan fingerprint density at radius 2 is 1.91 bits per heavy atom. The molecule has 4 aromatic rings. The van der Waals surface area contributed by atoms with E-state index in [9.17, 15) is 9.59 Å². The third-order valence-electron chi connectivity index (χ3n) is 6.06. The molecule has 1 amide bonds. The zero-order valence-electron chi connectivity index (χ0n) is 18.3. The number of fused-ring (bicyclic) bond motifs is 1. The number of carbonyl (C=O) groups is 1. The highest BCUT2D eigenvalue weighted by Crippen LogP contribution is 2.36. The molecule has 0 radical (unpaired) electrons. The predicted molar refractivity (Wildman–Crippen MR) is 127 cm³/mol. The van der Waals surface area contributed by atoms with Crippen LogP contribution in [0.2, 0.25) is 5.02 Å². The average Bonchev–Trinajstić information content (AvgIpc) is 3.56. The van der Waals surface area contributed by atoms with Gasteiger partial charge < -0.3 is 9.32 Å². The molecule has 2 aromatic carbocycles. The van der Waals surface area contributed by atoms with E-state index in [1.807, 2.05) is 42.2 Å². The van der Waals surface area contributed by atoms with Gasteiger partial charge in [-0.3, -0.25) is 14.2 Å². The van der Waals surface area contributed by atoms with Crippen LogP contribution >= 0.6 is 11.6 Å². The Bertz CT molecular complexity index is 1340. The largest absolute Gasteiger partial charge is 0.467 e. The van der Waals surface area contributed by atoms with Crippen molar-refractivity contribution >= 4 is 28.4 Å². The lowest BCUT2D eigenvalue weighted by molar-refractivity contribution is -0.136. The lowest BCUT2D eigenvalue weighted by Crippen LogP contribution is -2.38. The van der Waals surface area contributed by atoms with Crippen molar-refractivity contribution in [3.8, 4) is 5.69 Å². The Morgan fingerprint density at radius 3 is 2.58 bits per heavy atom. The monoisotopic (exact) mass is 461 g/mol. The minimum Gasteiger partial charge on any atom is -0.467 e. The summed E-state index contributed by atoms with van der Waals surface area (Å²) in [6.07, 6.45) is 3.98. The van der Waals surface area contributed by atoms with Gasteiger partial charge in [0.2, 0.25) is 5.91 Å². The van der Waals surface area contributed by atoms with E-state index in [1.54, 1.807) is 41.2 Å². The molecule has 2 heterocycles. The first-order valence-electron chi connectivity index (χ1n) is 11.2. The van der Waals surface area contributed by atoms with Gasteiger partial charge in [-0.05, 0) is 67.8 Å². The van der Waals surface area contributed by atoms with Gasteiger partial charge >= 0.3 is 0 Å². The summed E-state index contributed by atoms with van der Waals surface area (Å²) in [4.78, 5) is 33.8. The fourth-order valence-electron chi connectivity index (χ4n) is 4.23. The van der Waals surface area contributed by atoms with Gasteiger partial charge in [0.05, 0.1) is 35.4 Å². The maximum atomic E-state index is 13.7. The third kappa shape index (κ3) is 4.18. The van der Waals surface area contributed by atoms with E-state index in [-0.39, 0.29) is 17.4 Å². The number of benzene rings is 2. The normalized spacial score (nSPS) is 14.4. The molecule has 2 aromatic heterocycles. The Kier molecular flexibility index (Phi) is 5.77. The van der Waals surface area contributed by atoms with Crippen molar-refractivity contribution in [3.05, 3.63) is 93.9 Å². The molecule has 7 heteroatoms. The van der Waals surface area contributed by atoms with Crippen LogP contribution in [0, 0.1) is 5.92 Å². The fourth-order valence-corrected chi connectivity index (χ4v) is 4.36. The number of para-hydroxylation sites is 1. The number of amides is 1. The molecular formula is C26H24ClN3O3. The van der Waals surface area contributed by atoms with Crippen molar-refractivity contribution in [1.29, 1.82) is 0 Å². The van der Waals surface area contributed by atoms with E-state index in [4.69, 9.17) is 21.0 Å². The third-order valence-corrected chi connectivity index (χ3v) is 6.32. The second-order valence-electron chi connectivity index (χ2n) is 8.35. The van der Waals surface area contributed by atoms with Gasteiger partial charge in [0.25, 0.3) is 5.56 Å². The summed E-state index contributed by atoms with van der Waals surface area (Å²) < 4.78 is 7.18. The van der Waals surface area contributed by atoms with Crippen molar-refractivity contribution in [2.45, 2.75) is 38.8 Å². The minimum atomic E-state index is -0.406. The summed E-state index contributed by atoms with van der Waals surface area (Å²) in [6.45, 7) is 2.33. The molecule has 0 N–H and O–H groups in total. The van der Waals surface area contributed by atoms with Crippen molar-refractivity contribution in [3.63, 3.8) is 0 Å². The zero-order chi connectivity index (χ0) is 22.9. The van der Waals surface area contributed by atoms with Crippen molar-refractivity contribution in [1.82, 2.24) is 14.5 Å². The van der Waals surface area contributed by atoms with Crippen LogP contribution in [-0.4, -0.2) is 20.4 Å². The first kappa shape index (κ1) is 21.5. The number of aromatic nitrogens is 2. The predicted octanol–water partition coefficient (Wildman–Crippen LogP) is 5.52. The number of halogens is 1. The number of carbonyl (C=O) groups excluding carboxylic acids is 1. The molecule has 168 valence electrons. The van der Waals surface area contributed by atoms with E-state index in [0.717, 1.165) is 12.8 Å². The molecule has 33 heavy (non-hydrogen) atoms. The minimum absolute atomic E-state index is 0.0187. The van der Waals surface area contributed by atoms with Crippen molar-refractivity contribution < 1.29 is 9.21 Å². The van der Waals surface area contributed by atoms with Crippen molar-refractivity contribution in [2.24, 2.45) is 5.92 Å². The molecule has 0 spiro atoms. The van der Waals surface area contributed by atoms with Gasteiger partial charge in [-0.1, -0.05) is 30.7 Å². The first-order valence-corrected chi connectivity index (χ1v) is 11.5. The van der Waals surface area contributed by atoms with Crippen LogP contribution < -0.4 is 5.56 Å². The summed E-state index contributed by atoms with van der Waals surface area (Å²) in [5.41, 5.74) is 1.10. The molecule has 6 nitrogen and oxygen atoms in total. The molecule has 1 unspecified atom stereocenters. The van der Waals surface area contributed by atoms with Crippen LogP contribution in [0.25, 0.3) is 16.6 Å². The highest BCUT2D eigenvalue weighted by Gasteiger charge is 2.38. The molecule has 1 saturated carbocycles. The van der Waals surface area contributed by atoms with E-state index in [2.05, 4.69) is 0 Å². The van der Waals surface area contributed by atoms with Gasteiger partial charge in [0, 0.05) is 10.9 Å². The van der Waals surface area contributed by atoms with E-state index < -0.39 is 6.04 Å². The molecule has 5 rings (SSSR count). The molecule has 0 aliphatic heterocycles. The summed E-state index contributed by atoms with van der Waals surface area (Å²) in [6, 6.07) is 17.7. The molecular weight excluding hydrogens is 438 g/mol. The molecule has 1 aliphatic carbocycles. The Labute approximate surface area is 196 Å². The zero-order valence-corrected chi connectivity index (χ0v) is 19.0. The molecule has 0 saturated heterocycles. The topological polar surface area (TPSA) is 68.3 Å². The van der Waals surface area contributed by atoms with Crippen LogP contribution in [0.15, 0.2) is 76.1 Å².